The first-order valence-corrected chi connectivity index (χ1v) is 5.93. The number of rotatable bonds is 6. The van der Waals surface area contributed by atoms with Crippen molar-refractivity contribution in [1.29, 1.82) is 0 Å². The molecule has 0 bridgehead atoms. The normalized spacial score (nSPS) is 14.4. The number of carbonyl (C=O) groups is 2. The van der Waals surface area contributed by atoms with Gasteiger partial charge in [0.15, 0.2) is 0 Å². The van der Waals surface area contributed by atoms with Crippen molar-refractivity contribution < 1.29 is 9.59 Å². The Hall–Kier alpha value is -1.06. The molecule has 0 saturated carbocycles. The van der Waals surface area contributed by atoms with E-state index in [1.807, 2.05) is 27.7 Å². The molecule has 0 aromatic rings. The predicted molar refractivity (Wildman–Crippen MR) is 64.9 cm³/mol. The summed E-state index contributed by atoms with van der Waals surface area (Å²) in [6, 6.07) is -0.416. The summed E-state index contributed by atoms with van der Waals surface area (Å²) in [5.41, 5.74) is 0. The lowest BCUT2D eigenvalue weighted by Crippen LogP contribution is -2.49. The van der Waals surface area contributed by atoms with E-state index < -0.39 is 6.04 Å². The van der Waals surface area contributed by atoms with Gasteiger partial charge in [-0.3, -0.25) is 9.59 Å². The van der Waals surface area contributed by atoms with Gasteiger partial charge in [0.2, 0.25) is 11.8 Å². The van der Waals surface area contributed by atoms with Crippen LogP contribution in [0.15, 0.2) is 0 Å². The lowest BCUT2D eigenvalue weighted by atomic mass is 9.98. The van der Waals surface area contributed by atoms with Crippen LogP contribution in [0.3, 0.4) is 0 Å². The molecular formula is C12H24N2O2. The third kappa shape index (κ3) is 5.14. The molecule has 1 unspecified atom stereocenters. The number of amides is 2. The fourth-order valence-electron chi connectivity index (χ4n) is 1.46. The molecule has 0 spiro atoms. The number of likely N-dealkylation sites (N-methyl/N-ethyl adjacent to an activating group) is 1. The molecule has 0 aliphatic carbocycles. The second-order valence-corrected chi connectivity index (χ2v) is 4.64. The van der Waals surface area contributed by atoms with E-state index in [0.717, 1.165) is 6.42 Å². The van der Waals surface area contributed by atoms with Crippen molar-refractivity contribution in [3.63, 3.8) is 0 Å². The molecule has 0 aromatic heterocycles. The Kier molecular flexibility index (Phi) is 6.77. The number of carbonyl (C=O) groups excluding carboxylic acids is 2. The van der Waals surface area contributed by atoms with Gasteiger partial charge in [0.05, 0.1) is 0 Å². The molecule has 0 aliphatic rings. The van der Waals surface area contributed by atoms with Gasteiger partial charge < -0.3 is 10.6 Å². The number of hydrogen-bond acceptors (Lipinski definition) is 2. The minimum atomic E-state index is -0.416. The molecule has 4 heteroatoms. The molecule has 0 fully saturated rings. The molecule has 0 aliphatic heterocycles. The summed E-state index contributed by atoms with van der Waals surface area (Å²) in [4.78, 5) is 23.2. The highest BCUT2D eigenvalue weighted by atomic mass is 16.2. The first-order chi connectivity index (χ1) is 7.42. The predicted octanol–water partition coefficient (Wildman–Crippen LogP) is 1.31. The van der Waals surface area contributed by atoms with Crippen molar-refractivity contribution in [3.05, 3.63) is 0 Å². The van der Waals surface area contributed by atoms with Gasteiger partial charge in [0, 0.05) is 13.5 Å². The summed E-state index contributed by atoms with van der Waals surface area (Å²) in [6.45, 7) is 7.94. The largest absolute Gasteiger partial charge is 0.357 e. The maximum absolute atomic E-state index is 11.6. The molecule has 4 nitrogen and oxygen atoms in total. The Morgan fingerprint density at radius 2 is 1.75 bits per heavy atom. The molecule has 0 radical (unpaired) electrons. The molecule has 0 aromatic carbocycles. The van der Waals surface area contributed by atoms with Crippen LogP contribution in [-0.2, 0) is 9.59 Å². The van der Waals surface area contributed by atoms with Crippen LogP contribution in [0.5, 0.6) is 0 Å². The monoisotopic (exact) mass is 228 g/mol. The molecule has 0 rings (SSSR count). The third-order valence-corrected chi connectivity index (χ3v) is 2.65. The van der Waals surface area contributed by atoms with Crippen molar-refractivity contribution in [2.45, 2.75) is 46.6 Å². The minimum absolute atomic E-state index is 0.0519. The quantitative estimate of drug-likeness (QED) is 0.720. The van der Waals surface area contributed by atoms with Crippen molar-refractivity contribution in [2.24, 2.45) is 11.8 Å². The average Bonchev–Trinajstić information content (AvgIpc) is 2.22. The fourth-order valence-corrected chi connectivity index (χ4v) is 1.46. The maximum atomic E-state index is 11.6. The van der Waals surface area contributed by atoms with E-state index in [1.54, 1.807) is 7.05 Å². The number of nitrogens with one attached hydrogen (secondary N) is 2. The van der Waals surface area contributed by atoms with Crippen molar-refractivity contribution in [3.8, 4) is 0 Å². The zero-order valence-electron chi connectivity index (χ0n) is 11.0. The van der Waals surface area contributed by atoms with E-state index in [1.165, 1.54) is 0 Å². The van der Waals surface area contributed by atoms with Crippen LogP contribution in [0.25, 0.3) is 0 Å². The van der Waals surface area contributed by atoms with Crippen molar-refractivity contribution in [2.75, 3.05) is 7.05 Å². The summed E-state index contributed by atoms with van der Waals surface area (Å²) in [5, 5.41) is 5.38. The SMILES string of the molecule is CC[C@H](C)C(NC(=O)CC(C)C)C(=O)NC. The molecular weight excluding hydrogens is 204 g/mol. The standard InChI is InChI=1S/C12H24N2O2/c1-6-9(4)11(12(16)13-5)14-10(15)7-8(2)3/h8-9,11H,6-7H2,1-5H3,(H,13,16)(H,14,15)/t9-,11?/m0/s1. The van der Waals surface area contributed by atoms with Crippen molar-refractivity contribution >= 4 is 11.8 Å². The van der Waals surface area contributed by atoms with Crippen LogP contribution in [0.4, 0.5) is 0 Å². The van der Waals surface area contributed by atoms with Crippen molar-refractivity contribution in [1.82, 2.24) is 10.6 Å². The Bertz CT molecular complexity index is 239. The first kappa shape index (κ1) is 14.9. The summed E-state index contributed by atoms with van der Waals surface area (Å²) < 4.78 is 0. The molecule has 0 heterocycles. The van der Waals surface area contributed by atoms with E-state index >= 15 is 0 Å². The number of hydrogen-bond donors (Lipinski definition) is 2. The van der Waals surface area contributed by atoms with Gasteiger partial charge in [-0.25, -0.2) is 0 Å². The van der Waals surface area contributed by atoms with Gasteiger partial charge in [-0.15, -0.1) is 0 Å². The van der Waals surface area contributed by atoms with E-state index in [0.29, 0.717) is 12.3 Å². The average molecular weight is 228 g/mol. The van der Waals surface area contributed by atoms with E-state index in [2.05, 4.69) is 10.6 Å². The van der Waals surface area contributed by atoms with Gasteiger partial charge in [-0.2, -0.15) is 0 Å². The van der Waals surface area contributed by atoms with Gasteiger partial charge in [0.1, 0.15) is 6.04 Å². The molecule has 2 atom stereocenters. The minimum Gasteiger partial charge on any atom is -0.357 e. The molecule has 2 amide bonds. The van der Waals surface area contributed by atoms with Gasteiger partial charge in [-0.1, -0.05) is 34.1 Å². The fraction of sp³-hybridized carbons (Fsp3) is 0.833. The highest BCUT2D eigenvalue weighted by molar-refractivity contribution is 5.87. The second kappa shape index (κ2) is 7.25. The summed E-state index contributed by atoms with van der Waals surface area (Å²) in [5.74, 6) is 0.286. The Morgan fingerprint density at radius 3 is 2.12 bits per heavy atom. The topological polar surface area (TPSA) is 58.2 Å². The van der Waals surface area contributed by atoms with Crippen LogP contribution in [-0.4, -0.2) is 24.9 Å². The molecule has 16 heavy (non-hydrogen) atoms. The van der Waals surface area contributed by atoms with E-state index in [9.17, 15) is 9.59 Å². The van der Waals surface area contributed by atoms with Crippen LogP contribution >= 0.6 is 0 Å². The first-order valence-electron chi connectivity index (χ1n) is 5.93. The highest BCUT2D eigenvalue weighted by Crippen LogP contribution is 2.09. The maximum Gasteiger partial charge on any atom is 0.242 e. The van der Waals surface area contributed by atoms with Crippen LogP contribution < -0.4 is 10.6 Å². The van der Waals surface area contributed by atoms with E-state index in [-0.39, 0.29) is 17.7 Å². The van der Waals surface area contributed by atoms with Crippen LogP contribution in [0.1, 0.15) is 40.5 Å². The smallest absolute Gasteiger partial charge is 0.242 e. The zero-order chi connectivity index (χ0) is 12.7. The van der Waals surface area contributed by atoms with Crippen LogP contribution in [0, 0.1) is 11.8 Å². The third-order valence-electron chi connectivity index (χ3n) is 2.65. The zero-order valence-corrected chi connectivity index (χ0v) is 11.0. The lowest BCUT2D eigenvalue weighted by molar-refractivity contribution is -0.130. The van der Waals surface area contributed by atoms with Gasteiger partial charge >= 0.3 is 0 Å². The Balaban J connectivity index is 4.43. The molecule has 2 N–H and O–H groups in total. The summed E-state index contributed by atoms with van der Waals surface area (Å²) in [7, 11) is 1.59. The lowest BCUT2D eigenvalue weighted by Gasteiger charge is -2.23. The summed E-state index contributed by atoms with van der Waals surface area (Å²) in [6.07, 6.45) is 1.32. The van der Waals surface area contributed by atoms with E-state index in [4.69, 9.17) is 0 Å². The Labute approximate surface area is 98.2 Å². The van der Waals surface area contributed by atoms with Gasteiger partial charge in [-0.05, 0) is 11.8 Å². The molecule has 0 saturated heterocycles. The second-order valence-electron chi connectivity index (χ2n) is 4.64. The summed E-state index contributed by atoms with van der Waals surface area (Å²) >= 11 is 0. The Morgan fingerprint density at radius 1 is 1.19 bits per heavy atom. The highest BCUT2D eigenvalue weighted by Gasteiger charge is 2.24. The molecule has 94 valence electrons. The van der Waals surface area contributed by atoms with Gasteiger partial charge in [0.25, 0.3) is 0 Å². The van der Waals surface area contributed by atoms with Crippen LogP contribution in [0.2, 0.25) is 0 Å².